The molecular weight excluding hydrogens is 378 g/mol. The Kier molecular flexibility index (Phi) is 5.96. The lowest BCUT2D eigenvalue weighted by molar-refractivity contribution is -0.115. The van der Waals surface area contributed by atoms with Crippen LogP contribution in [0.4, 0.5) is 0 Å². The summed E-state index contributed by atoms with van der Waals surface area (Å²) in [6.07, 6.45) is 1.77. The van der Waals surface area contributed by atoms with Crippen LogP contribution in [0.2, 0.25) is 5.02 Å². The predicted molar refractivity (Wildman–Crippen MR) is 105 cm³/mol. The zero-order valence-electron chi connectivity index (χ0n) is 13.0. The highest BCUT2D eigenvalue weighted by atomic mass is 35.5. The van der Waals surface area contributed by atoms with Crippen LogP contribution < -0.4 is 14.8 Å². The van der Waals surface area contributed by atoms with Gasteiger partial charge in [-0.3, -0.25) is 4.79 Å². The largest absolute Gasteiger partial charge is 0.489 e. The molecule has 0 spiro atoms. The number of nitrogens with one attached hydrogen (secondary N) is 1. The van der Waals surface area contributed by atoms with Crippen molar-refractivity contribution >= 4 is 51.9 Å². The maximum Gasteiger partial charge on any atom is 0.263 e. The van der Waals surface area contributed by atoms with Crippen LogP contribution in [0.3, 0.4) is 0 Å². The maximum absolute atomic E-state index is 11.8. The van der Waals surface area contributed by atoms with E-state index >= 15 is 0 Å². The van der Waals surface area contributed by atoms with Crippen molar-refractivity contribution < 1.29 is 14.3 Å². The summed E-state index contributed by atoms with van der Waals surface area (Å²) in [6, 6.07) is 14.8. The summed E-state index contributed by atoms with van der Waals surface area (Å²) >= 11 is 12.3. The predicted octanol–water partition coefficient (Wildman–Crippen LogP) is 4.29. The summed E-state index contributed by atoms with van der Waals surface area (Å²) in [5.74, 6) is 1.10. The van der Waals surface area contributed by atoms with Gasteiger partial charge in [-0.25, -0.2) is 0 Å². The molecule has 2 aromatic carbocycles. The number of thiocarbonyl (C=S) groups is 1. The van der Waals surface area contributed by atoms with Gasteiger partial charge in [0.2, 0.25) is 0 Å². The monoisotopic (exact) mass is 391 g/mol. The molecule has 1 aliphatic rings. The first-order valence-electron chi connectivity index (χ1n) is 7.47. The van der Waals surface area contributed by atoms with Crippen LogP contribution in [0.25, 0.3) is 6.08 Å². The SMILES string of the molecule is O=C1NC(=S)S/C1=C/c1ccccc1OCCOc1ccccc1Cl. The highest BCUT2D eigenvalue weighted by molar-refractivity contribution is 8.26. The third kappa shape index (κ3) is 4.75. The fourth-order valence-electron chi connectivity index (χ4n) is 2.16. The van der Waals surface area contributed by atoms with Crippen molar-refractivity contribution in [2.75, 3.05) is 13.2 Å². The van der Waals surface area contributed by atoms with Gasteiger partial charge in [-0.1, -0.05) is 65.9 Å². The Hall–Kier alpha value is -2.02. The quantitative estimate of drug-likeness (QED) is 0.452. The summed E-state index contributed by atoms with van der Waals surface area (Å²) in [7, 11) is 0. The van der Waals surface area contributed by atoms with Gasteiger partial charge in [0.25, 0.3) is 5.91 Å². The van der Waals surface area contributed by atoms with Gasteiger partial charge in [0.1, 0.15) is 29.0 Å². The van der Waals surface area contributed by atoms with Crippen molar-refractivity contribution in [2.24, 2.45) is 0 Å². The zero-order valence-corrected chi connectivity index (χ0v) is 15.4. The molecule has 0 saturated carbocycles. The average molecular weight is 392 g/mol. The molecule has 0 aromatic heterocycles. The summed E-state index contributed by atoms with van der Waals surface area (Å²) in [4.78, 5) is 12.3. The Morgan fingerprint density at radius 3 is 2.36 bits per heavy atom. The van der Waals surface area contributed by atoms with Crippen molar-refractivity contribution in [3.63, 3.8) is 0 Å². The van der Waals surface area contributed by atoms with Gasteiger partial charge >= 0.3 is 0 Å². The molecular formula is C18H14ClNO3S2. The molecule has 0 atom stereocenters. The van der Waals surface area contributed by atoms with E-state index in [9.17, 15) is 4.79 Å². The molecule has 1 N–H and O–H groups in total. The standard InChI is InChI=1S/C18H14ClNO3S2/c19-13-6-2-4-8-15(13)23-10-9-22-14-7-3-1-5-12(14)11-16-17(21)20-18(24)25-16/h1-8,11H,9-10H2,(H,20,21,24)/b16-11+. The molecule has 0 bridgehead atoms. The van der Waals surface area contributed by atoms with E-state index in [1.807, 2.05) is 36.4 Å². The van der Waals surface area contributed by atoms with Crippen molar-refractivity contribution in [3.05, 3.63) is 64.0 Å². The molecule has 0 aliphatic carbocycles. The van der Waals surface area contributed by atoms with Crippen molar-refractivity contribution in [3.8, 4) is 11.5 Å². The van der Waals surface area contributed by atoms with Crippen LogP contribution in [0.5, 0.6) is 11.5 Å². The molecule has 2 aromatic rings. The number of ether oxygens (including phenoxy) is 2. The van der Waals surface area contributed by atoms with Gasteiger partial charge in [-0.2, -0.15) is 0 Å². The highest BCUT2D eigenvalue weighted by Gasteiger charge is 2.22. The van der Waals surface area contributed by atoms with Crippen molar-refractivity contribution in [2.45, 2.75) is 0 Å². The maximum atomic E-state index is 11.8. The van der Waals surface area contributed by atoms with E-state index in [4.69, 9.17) is 33.3 Å². The van der Waals surface area contributed by atoms with Crippen LogP contribution in [0.15, 0.2) is 53.4 Å². The fourth-order valence-corrected chi connectivity index (χ4v) is 3.38. The third-order valence-corrected chi connectivity index (χ3v) is 4.76. The summed E-state index contributed by atoms with van der Waals surface area (Å²) in [5.41, 5.74) is 0.808. The molecule has 0 unspecified atom stereocenters. The molecule has 1 heterocycles. The minimum Gasteiger partial charge on any atom is -0.489 e. The van der Waals surface area contributed by atoms with Crippen LogP contribution in [-0.2, 0) is 4.79 Å². The van der Waals surface area contributed by atoms with E-state index in [0.717, 1.165) is 5.56 Å². The van der Waals surface area contributed by atoms with E-state index in [2.05, 4.69) is 5.32 Å². The number of carbonyl (C=O) groups excluding carboxylic acids is 1. The minimum atomic E-state index is -0.188. The Balaban J connectivity index is 1.62. The normalized spacial score (nSPS) is 15.3. The summed E-state index contributed by atoms with van der Waals surface area (Å²) < 4.78 is 11.9. The molecule has 0 radical (unpaired) electrons. The van der Waals surface area contributed by atoms with Gasteiger partial charge in [-0.05, 0) is 24.3 Å². The molecule has 1 aliphatic heterocycles. The Bertz CT molecular complexity index is 839. The van der Waals surface area contributed by atoms with Gasteiger partial charge in [0.05, 0.1) is 9.93 Å². The number of carbonyl (C=O) groups is 1. The molecule has 25 heavy (non-hydrogen) atoms. The second-order valence-electron chi connectivity index (χ2n) is 5.02. The number of rotatable bonds is 6. The number of benzene rings is 2. The second kappa shape index (κ2) is 8.38. The van der Waals surface area contributed by atoms with E-state index < -0.39 is 0 Å². The Labute approximate surface area is 160 Å². The first-order valence-corrected chi connectivity index (χ1v) is 9.08. The number of thioether (sulfide) groups is 1. The van der Waals surface area contributed by atoms with Crippen LogP contribution in [0, 0.1) is 0 Å². The van der Waals surface area contributed by atoms with Crippen LogP contribution in [0.1, 0.15) is 5.56 Å². The summed E-state index contributed by atoms with van der Waals surface area (Å²) in [5, 5.41) is 3.16. The van der Waals surface area contributed by atoms with Crippen molar-refractivity contribution in [1.29, 1.82) is 0 Å². The first kappa shape index (κ1) is 17.8. The van der Waals surface area contributed by atoms with E-state index in [1.54, 1.807) is 18.2 Å². The molecule has 3 rings (SSSR count). The molecule has 4 nitrogen and oxygen atoms in total. The molecule has 128 valence electrons. The van der Waals surface area contributed by atoms with Crippen LogP contribution in [-0.4, -0.2) is 23.4 Å². The summed E-state index contributed by atoms with van der Waals surface area (Å²) in [6.45, 7) is 0.705. The Morgan fingerprint density at radius 1 is 1.04 bits per heavy atom. The number of hydrogen-bond donors (Lipinski definition) is 1. The zero-order chi connectivity index (χ0) is 17.6. The minimum absolute atomic E-state index is 0.188. The third-order valence-electron chi connectivity index (χ3n) is 3.28. The lowest BCUT2D eigenvalue weighted by atomic mass is 10.2. The molecule has 1 saturated heterocycles. The molecule has 1 amide bonds. The van der Waals surface area contributed by atoms with Crippen molar-refractivity contribution in [1.82, 2.24) is 5.32 Å². The number of hydrogen-bond acceptors (Lipinski definition) is 5. The smallest absolute Gasteiger partial charge is 0.263 e. The average Bonchev–Trinajstić information content (AvgIpc) is 2.92. The number of halogens is 1. The highest BCUT2D eigenvalue weighted by Crippen LogP contribution is 2.29. The number of amides is 1. The Morgan fingerprint density at radius 2 is 1.68 bits per heavy atom. The number of para-hydroxylation sites is 2. The first-order chi connectivity index (χ1) is 12.1. The lowest BCUT2D eigenvalue weighted by Gasteiger charge is -2.11. The van der Waals surface area contributed by atoms with Gasteiger partial charge < -0.3 is 14.8 Å². The van der Waals surface area contributed by atoms with E-state index in [1.165, 1.54) is 11.8 Å². The molecule has 1 fully saturated rings. The van der Waals surface area contributed by atoms with Gasteiger partial charge in [0.15, 0.2) is 0 Å². The second-order valence-corrected chi connectivity index (χ2v) is 7.14. The molecule has 7 heteroatoms. The topological polar surface area (TPSA) is 47.6 Å². The van der Waals surface area contributed by atoms with Crippen LogP contribution >= 0.6 is 35.6 Å². The van der Waals surface area contributed by atoms with Gasteiger partial charge in [-0.15, -0.1) is 0 Å². The van der Waals surface area contributed by atoms with E-state index in [0.29, 0.717) is 39.0 Å². The van der Waals surface area contributed by atoms with Gasteiger partial charge in [0, 0.05) is 5.56 Å². The van der Waals surface area contributed by atoms with E-state index in [-0.39, 0.29) is 5.91 Å². The lowest BCUT2D eigenvalue weighted by Crippen LogP contribution is -2.17. The fraction of sp³-hybridized carbons (Fsp3) is 0.111.